The lowest BCUT2D eigenvalue weighted by Crippen LogP contribution is -2.52. The van der Waals surface area contributed by atoms with Gasteiger partial charge in [0.1, 0.15) is 16.8 Å². The normalized spacial score (nSPS) is 26.2. The van der Waals surface area contributed by atoms with Gasteiger partial charge < -0.3 is 23.5 Å². The third-order valence-corrected chi connectivity index (χ3v) is 7.10. The molecule has 3 rings (SSSR count). The van der Waals surface area contributed by atoms with Crippen molar-refractivity contribution in [1.82, 2.24) is 0 Å². The Morgan fingerprint density at radius 1 is 1.06 bits per heavy atom. The molecule has 0 N–H and O–H groups in total. The van der Waals surface area contributed by atoms with E-state index in [1.807, 2.05) is 0 Å². The molecule has 3 atom stereocenters. The fraction of sp³-hybridized carbons (Fsp3) is 0.704. The highest BCUT2D eigenvalue weighted by molar-refractivity contribution is 6.45. The summed E-state index contributed by atoms with van der Waals surface area (Å²) < 4.78 is 29.4. The van der Waals surface area contributed by atoms with E-state index in [4.69, 9.17) is 23.5 Å². The average Bonchev–Trinajstić information content (AvgIpc) is 3.00. The molecule has 8 heteroatoms. The van der Waals surface area contributed by atoms with Crippen molar-refractivity contribution in [2.24, 2.45) is 11.3 Å². The molecule has 1 saturated heterocycles. The molecule has 194 valence electrons. The molecule has 1 saturated carbocycles. The van der Waals surface area contributed by atoms with Crippen molar-refractivity contribution in [2.75, 3.05) is 0 Å². The van der Waals surface area contributed by atoms with Crippen molar-refractivity contribution >= 4 is 19.2 Å². The molecule has 0 aromatic heterocycles. The first-order valence-corrected chi connectivity index (χ1v) is 12.5. The molecule has 1 aromatic rings. The minimum Gasteiger partial charge on any atom is -0.456 e. The van der Waals surface area contributed by atoms with E-state index in [2.05, 4.69) is 27.7 Å². The number of benzene rings is 1. The van der Waals surface area contributed by atoms with Crippen molar-refractivity contribution in [3.63, 3.8) is 0 Å². The summed E-state index contributed by atoms with van der Waals surface area (Å²) in [6.07, 6.45) is 1.39. The molecule has 1 aliphatic carbocycles. The van der Waals surface area contributed by atoms with E-state index in [0.29, 0.717) is 17.8 Å². The molecule has 1 heterocycles. The number of hydrogen-bond acceptors (Lipinski definition) is 7. The largest absolute Gasteiger partial charge is 0.514 e. The average molecular weight is 488 g/mol. The van der Waals surface area contributed by atoms with Crippen molar-refractivity contribution in [1.29, 1.82) is 0 Å². The highest BCUT2D eigenvalue weighted by atomic mass is 16.7. The van der Waals surface area contributed by atoms with Crippen molar-refractivity contribution in [3.05, 3.63) is 29.3 Å². The fourth-order valence-corrected chi connectivity index (χ4v) is 4.92. The first-order valence-electron chi connectivity index (χ1n) is 12.5. The van der Waals surface area contributed by atoms with Gasteiger partial charge in [0.05, 0.1) is 11.7 Å². The lowest BCUT2D eigenvalue weighted by atomic mass is 9.61. The number of ether oxygens (including phenoxy) is 3. The Morgan fingerprint density at radius 3 is 2.29 bits per heavy atom. The van der Waals surface area contributed by atoms with Crippen molar-refractivity contribution < 1.29 is 33.1 Å². The van der Waals surface area contributed by atoms with Gasteiger partial charge in [-0.1, -0.05) is 32.9 Å². The van der Waals surface area contributed by atoms with Crippen LogP contribution in [0.1, 0.15) is 98.0 Å². The highest BCUT2D eigenvalue weighted by Gasteiger charge is 2.57. The molecular weight excluding hydrogens is 447 g/mol. The summed E-state index contributed by atoms with van der Waals surface area (Å²) in [5.74, 6) is -0.178. The number of carbonyl (C=O) groups is 2. The Morgan fingerprint density at radius 2 is 1.69 bits per heavy atom. The SMILES string of the molecule is CC1C(C)(C)CCC2OB(Cc3cccc(C(=O)OC(C)(C)C)c3OC(=O)OC(C)(C)C)OC21C. The zero-order valence-corrected chi connectivity index (χ0v) is 22.9. The third kappa shape index (κ3) is 6.39. The standard InChI is InChI=1S/C27H41BO7/c1-17-26(8,9)15-14-20-27(17,10)35-28(34-20)16-18-12-11-13-19(22(29)32-24(2,3)4)21(18)31-23(30)33-25(5,6)7/h11-13,17,20H,14-16H2,1-10H3. The van der Waals surface area contributed by atoms with Crippen LogP contribution in [0.15, 0.2) is 18.2 Å². The van der Waals surface area contributed by atoms with E-state index in [9.17, 15) is 9.59 Å². The van der Waals surface area contributed by atoms with Gasteiger partial charge in [-0.15, -0.1) is 0 Å². The summed E-state index contributed by atoms with van der Waals surface area (Å²) in [7, 11) is -0.531. The van der Waals surface area contributed by atoms with Gasteiger partial charge in [0.2, 0.25) is 0 Å². The van der Waals surface area contributed by atoms with Crippen molar-refractivity contribution in [2.45, 2.75) is 111 Å². The summed E-state index contributed by atoms with van der Waals surface area (Å²) in [6.45, 7) is 19.5. The van der Waals surface area contributed by atoms with Crippen LogP contribution >= 0.6 is 0 Å². The molecule has 1 aromatic carbocycles. The van der Waals surface area contributed by atoms with Gasteiger partial charge in [-0.3, -0.25) is 0 Å². The quantitative estimate of drug-likeness (QED) is 0.285. The molecule has 3 unspecified atom stereocenters. The summed E-state index contributed by atoms with van der Waals surface area (Å²) in [5, 5.41) is 0. The second-order valence-electron chi connectivity index (χ2n) is 12.7. The number of esters is 1. The van der Waals surface area contributed by atoms with Gasteiger partial charge >= 0.3 is 19.2 Å². The maximum atomic E-state index is 13.0. The zero-order chi connectivity index (χ0) is 26.4. The molecule has 2 fully saturated rings. The smallest absolute Gasteiger partial charge is 0.456 e. The van der Waals surface area contributed by atoms with Gasteiger partial charge in [-0.2, -0.15) is 0 Å². The Labute approximate surface area is 210 Å². The fourth-order valence-electron chi connectivity index (χ4n) is 4.92. The number of para-hydroxylation sites is 1. The van der Waals surface area contributed by atoms with Gasteiger partial charge in [0.25, 0.3) is 0 Å². The van der Waals surface area contributed by atoms with E-state index < -0.39 is 36.0 Å². The number of rotatable bonds is 4. The van der Waals surface area contributed by atoms with E-state index in [0.717, 1.165) is 12.8 Å². The van der Waals surface area contributed by atoms with E-state index >= 15 is 0 Å². The molecule has 0 radical (unpaired) electrons. The van der Waals surface area contributed by atoms with Crippen LogP contribution in [0, 0.1) is 11.3 Å². The van der Waals surface area contributed by atoms with Crippen molar-refractivity contribution in [3.8, 4) is 5.75 Å². The second-order valence-corrected chi connectivity index (χ2v) is 12.7. The van der Waals surface area contributed by atoms with E-state index in [1.165, 1.54) is 0 Å². The second kappa shape index (κ2) is 9.43. The predicted octanol–water partition coefficient (Wildman–Crippen LogP) is 6.16. The first-order chi connectivity index (χ1) is 15.9. The van der Waals surface area contributed by atoms with Crippen LogP contribution in [0.25, 0.3) is 0 Å². The Balaban J connectivity index is 1.91. The Bertz CT molecular complexity index is 959. The van der Waals surface area contributed by atoms with Crippen LogP contribution in [0.5, 0.6) is 5.75 Å². The molecular formula is C27H41BO7. The first kappa shape index (κ1) is 27.5. The zero-order valence-electron chi connectivity index (χ0n) is 22.9. The van der Waals surface area contributed by atoms with Gasteiger partial charge in [-0.25, -0.2) is 9.59 Å². The number of carbonyl (C=O) groups excluding carboxylic acids is 2. The summed E-state index contributed by atoms with van der Waals surface area (Å²) >= 11 is 0. The van der Waals surface area contributed by atoms with Crippen LogP contribution in [0.3, 0.4) is 0 Å². The van der Waals surface area contributed by atoms with Crippen LogP contribution in [0.2, 0.25) is 0 Å². The molecule has 35 heavy (non-hydrogen) atoms. The van der Waals surface area contributed by atoms with Crippen LogP contribution < -0.4 is 4.74 Å². The van der Waals surface area contributed by atoms with Gasteiger partial charge in [-0.05, 0) is 84.3 Å². The summed E-state index contributed by atoms with van der Waals surface area (Å²) in [4.78, 5) is 25.6. The van der Waals surface area contributed by atoms with Gasteiger partial charge in [0.15, 0.2) is 5.75 Å². The van der Waals surface area contributed by atoms with E-state index in [1.54, 1.807) is 59.7 Å². The Kier molecular flexibility index (Phi) is 7.42. The molecule has 1 aliphatic heterocycles. The highest BCUT2D eigenvalue weighted by Crippen LogP contribution is 2.51. The van der Waals surface area contributed by atoms with E-state index in [-0.39, 0.29) is 22.8 Å². The lowest BCUT2D eigenvalue weighted by Gasteiger charge is -2.49. The van der Waals surface area contributed by atoms with Gasteiger partial charge in [0, 0.05) is 6.32 Å². The number of hydrogen-bond donors (Lipinski definition) is 0. The third-order valence-electron chi connectivity index (χ3n) is 7.10. The summed E-state index contributed by atoms with van der Waals surface area (Å²) in [5.41, 5.74) is -0.964. The minimum absolute atomic E-state index is 0.0141. The van der Waals surface area contributed by atoms with Crippen LogP contribution in [-0.2, 0) is 25.1 Å². The minimum atomic E-state index is -0.890. The number of fused-ring (bicyclic) bond motifs is 1. The lowest BCUT2D eigenvalue weighted by molar-refractivity contribution is -0.0836. The monoisotopic (exact) mass is 488 g/mol. The molecule has 2 aliphatic rings. The topological polar surface area (TPSA) is 80.3 Å². The maximum Gasteiger partial charge on any atom is 0.514 e. The predicted molar refractivity (Wildman–Crippen MR) is 134 cm³/mol. The summed E-state index contributed by atoms with van der Waals surface area (Å²) in [6, 6.07) is 5.13. The Hall–Kier alpha value is -2.06. The molecule has 0 bridgehead atoms. The van der Waals surface area contributed by atoms with Crippen LogP contribution in [0.4, 0.5) is 4.79 Å². The molecule has 7 nitrogen and oxygen atoms in total. The van der Waals surface area contributed by atoms with Crippen LogP contribution in [-0.4, -0.2) is 42.2 Å². The molecule has 0 amide bonds. The maximum absolute atomic E-state index is 13.0. The molecule has 0 spiro atoms.